The van der Waals surface area contributed by atoms with E-state index in [1.54, 1.807) is 29.2 Å². The van der Waals surface area contributed by atoms with Crippen LogP contribution in [0.1, 0.15) is 35.3 Å². The van der Waals surface area contributed by atoms with Gasteiger partial charge in [-0.25, -0.2) is 4.98 Å². The average molecular weight is 463 g/mol. The van der Waals surface area contributed by atoms with Gasteiger partial charge in [-0.15, -0.1) is 12.4 Å². The Hall–Kier alpha value is -2.17. The fraction of sp³-hybridized carbons (Fsp3) is 0.318. The minimum Gasteiger partial charge on any atom is -0.302 e. The van der Waals surface area contributed by atoms with Crippen molar-refractivity contribution in [1.29, 1.82) is 5.26 Å². The molecule has 0 saturated heterocycles. The van der Waals surface area contributed by atoms with Gasteiger partial charge in [0, 0.05) is 23.7 Å². The number of carbonyl (C=O) groups is 1. The molecule has 0 atom stereocenters. The smallest absolute Gasteiger partial charge is 0.260 e. The van der Waals surface area contributed by atoms with Gasteiger partial charge in [0.2, 0.25) is 0 Å². The number of aromatic nitrogens is 1. The predicted octanol–water partition coefficient (Wildman–Crippen LogP) is 5.54. The van der Waals surface area contributed by atoms with E-state index in [0.717, 1.165) is 35.4 Å². The van der Waals surface area contributed by atoms with E-state index in [0.29, 0.717) is 27.8 Å². The Bertz CT molecular complexity index is 1060. The van der Waals surface area contributed by atoms with Crippen molar-refractivity contribution in [2.45, 2.75) is 20.8 Å². The number of nitrogens with zero attached hydrogens (tertiary/aromatic N) is 4. The molecular formula is C22H24Cl2N4OS. The van der Waals surface area contributed by atoms with E-state index < -0.39 is 0 Å². The van der Waals surface area contributed by atoms with Crippen molar-refractivity contribution in [2.75, 3.05) is 31.1 Å². The standard InChI is InChI=1S/C22H23ClN4OS.ClH/c1-4-26(5-2)10-11-27(21(28)17-8-6-16(14-24)7-9-17)22-25-20-15(3)12-18(23)13-19(20)29-22;/h6-9,12-13H,4-5,10-11H2,1-3H3;1H. The molecule has 0 aliphatic carbocycles. The summed E-state index contributed by atoms with van der Waals surface area (Å²) in [6.07, 6.45) is 0. The number of hydrogen-bond acceptors (Lipinski definition) is 5. The van der Waals surface area contributed by atoms with Crippen LogP contribution in [0.3, 0.4) is 0 Å². The Morgan fingerprint density at radius 3 is 2.43 bits per heavy atom. The summed E-state index contributed by atoms with van der Waals surface area (Å²) in [6.45, 7) is 9.32. The summed E-state index contributed by atoms with van der Waals surface area (Å²) < 4.78 is 0.963. The van der Waals surface area contributed by atoms with Crippen molar-refractivity contribution in [3.05, 3.63) is 58.1 Å². The number of hydrogen-bond donors (Lipinski definition) is 0. The normalized spacial score (nSPS) is 10.7. The number of carbonyl (C=O) groups excluding carboxylic acids is 1. The number of aryl methyl sites for hydroxylation is 1. The van der Waals surface area contributed by atoms with Gasteiger partial charge < -0.3 is 4.90 Å². The Morgan fingerprint density at radius 2 is 1.83 bits per heavy atom. The van der Waals surface area contributed by atoms with Crippen LogP contribution in [0.2, 0.25) is 5.02 Å². The molecule has 5 nitrogen and oxygen atoms in total. The van der Waals surface area contributed by atoms with Gasteiger partial charge in [0.1, 0.15) is 0 Å². The monoisotopic (exact) mass is 462 g/mol. The summed E-state index contributed by atoms with van der Waals surface area (Å²) in [6, 6.07) is 12.6. The fourth-order valence-electron chi connectivity index (χ4n) is 3.17. The molecule has 0 spiro atoms. The molecule has 0 aliphatic heterocycles. The summed E-state index contributed by atoms with van der Waals surface area (Å²) in [7, 11) is 0. The Balaban J connectivity index is 0.00000320. The molecule has 1 aromatic heterocycles. The highest BCUT2D eigenvalue weighted by molar-refractivity contribution is 7.22. The van der Waals surface area contributed by atoms with Crippen LogP contribution in [0.15, 0.2) is 36.4 Å². The Morgan fingerprint density at radius 1 is 1.17 bits per heavy atom. The molecule has 3 rings (SSSR count). The minimum absolute atomic E-state index is 0. The number of thiazole rings is 1. The van der Waals surface area contributed by atoms with Crippen LogP contribution >= 0.6 is 35.3 Å². The van der Waals surface area contributed by atoms with Crippen LogP contribution in [0.25, 0.3) is 10.2 Å². The zero-order valence-corrected chi connectivity index (χ0v) is 19.6. The third kappa shape index (κ3) is 5.30. The fourth-order valence-corrected chi connectivity index (χ4v) is 4.61. The first-order valence-electron chi connectivity index (χ1n) is 9.57. The lowest BCUT2D eigenvalue weighted by atomic mass is 10.1. The molecule has 2 aromatic carbocycles. The second-order valence-corrected chi connectivity index (χ2v) is 8.18. The van der Waals surface area contributed by atoms with Crippen molar-refractivity contribution >= 4 is 56.6 Å². The number of rotatable bonds is 7. The van der Waals surface area contributed by atoms with E-state index in [1.807, 2.05) is 19.1 Å². The van der Waals surface area contributed by atoms with Crippen LogP contribution in [-0.4, -0.2) is 42.0 Å². The van der Waals surface area contributed by atoms with Crippen molar-refractivity contribution in [3.63, 3.8) is 0 Å². The zero-order valence-electron chi connectivity index (χ0n) is 17.2. The number of halogens is 2. The molecule has 0 radical (unpaired) electrons. The van der Waals surface area contributed by atoms with E-state index in [2.05, 4.69) is 24.8 Å². The van der Waals surface area contributed by atoms with E-state index in [9.17, 15) is 4.79 Å². The van der Waals surface area contributed by atoms with Gasteiger partial charge in [0.05, 0.1) is 21.8 Å². The van der Waals surface area contributed by atoms with Crippen LogP contribution in [0, 0.1) is 18.3 Å². The average Bonchev–Trinajstić information content (AvgIpc) is 3.15. The number of fused-ring (bicyclic) bond motifs is 1. The predicted molar refractivity (Wildman–Crippen MR) is 127 cm³/mol. The quantitative estimate of drug-likeness (QED) is 0.462. The van der Waals surface area contributed by atoms with E-state index in [1.165, 1.54) is 11.3 Å². The first-order chi connectivity index (χ1) is 14.0. The molecule has 0 bridgehead atoms. The van der Waals surface area contributed by atoms with Crippen LogP contribution < -0.4 is 4.90 Å². The topological polar surface area (TPSA) is 60.2 Å². The third-order valence-corrected chi connectivity index (χ3v) is 6.15. The first-order valence-corrected chi connectivity index (χ1v) is 10.8. The van der Waals surface area contributed by atoms with Gasteiger partial charge in [0.15, 0.2) is 5.13 Å². The number of nitriles is 1. The zero-order chi connectivity index (χ0) is 21.0. The van der Waals surface area contributed by atoms with Crippen LogP contribution in [0.5, 0.6) is 0 Å². The van der Waals surface area contributed by atoms with Gasteiger partial charge in [-0.2, -0.15) is 5.26 Å². The highest BCUT2D eigenvalue weighted by atomic mass is 35.5. The van der Waals surface area contributed by atoms with Crippen LogP contribution in [0.4, 0.5) is 5.13 Å². The SMILES string of the molecule is CCN(CC)CCN(C(=O)c1ccc(C#N)cc1)c1nc2c(C)cc(Cl)cc2s1.Cl. The van der Waals surface area contributed by atoms with E-state index in [-0.39, 0.29) is 18.3 Å². The lowest BCUT2D eigenvalue weighted by Gasteiger charge is -2.24. The van der Waals surface area contributed by atoms with Gasteiger partial charge in [-0.3, -0.25) is 9.69 Å². The molecule has 3 aromatic rings. The van der Waals surface area contributed by atoms with Gasteiger partial charge in [0.25, 0.3) is 5.91 Å². The second-order valence-electron chi connectivity index (χ2n) is 6.74. The number of amides is 1. The number of likely N-dealkylation sites (N-methyl/N-ethyl adjacent to an activating group) is 1. The van der Waals surface area contributed by atoms with Gasteiger partial charge in [-0.1, -0.05) is 36.8 Å². The maximum Gasteiger partial charge on any atom is 0.260 e. The maximum absolute atomic E-state index is 13.3. The molecule has 1 amide bonds. The molecule has 0 unspecified atom stereocenters. The molecule has 0 saturated carbocycles. The largest absolute Gasteiger partial charge is 0.302 e. The first kappa shape index (κ1) is 24.1. The minimum atomic E-state index is -0.121. The molecule has 8 heteroatoms. The summed E-state index contributed by atoms with van der Waals surface area (Å²) in [5.74, 6) is -0.121. The molecular weight excluding hydrogens is 439 g/mol. The number of benzene rings is 2. The van der Waals surface area contributed by atoms with Crippen molar-refractivity contribution in [3.8, 4) is 6.07 Å². The molecule has 158 valence electrons. The maximum atomic E-state index is 13.3. The molecule has 0 fully saturated rings. The highest BCUT2D eigenvalue weighted by Crippen LogP contribution is 2.33. The summed E-state index contributed by atoms with van der Waals surface area (Å²) in [4.78, 5) is 22.1. The van der Waals surface area contributed by atoms with Crippen molar-refractivity contribution in [2.24, 2.45) is 0 Å². The molecule has 1 heterocycles. The van der Waals surface area contributed by atoms with E-state index >= 15 is 0 Å². The molecule has 0 N–H and O–H groups in total. The number of anilines is 1. The summed E-state index contributed by atoms with van der Waals surface area (Å²) in [5, 5.41) is 10.3. The Labute approximate surface area is 192 Å². The lowest BCUT2D eigenvalue weighted by molar-refractivity contribution is 0.0984. The second kappa shape index (κ2) is 10.7. The molecule has 30 heavy (non-hydrogen) atoms. The van der Waals surface area contributed by atoms with Crippen molar-refractivity contribution in [1.82, 2.24) is 9.88 Å². The summed E-state index contributed by atoms with van der Waals surface area (Å²) >= 11 is 7.68. The molecule has 0 aliphatic rings. The van der Waals surface area contributed by atoms with Gasteiger partial charge in [-0.05, 0) is 62.0 Å². The van der Waals surface area contributed by atoms with Gasteiger partial charge >= 0.3 is 0 Å². The lowest BCUT2D eigenvalue weighted by Crippen LogP contribution is -2.38. The summed E-state index contributed by atoms with van der Waals surface area (Å²) in [5.41, 5.74) is 2.93. The Kier molecular flexibility index (Phi) is 8.63. The third-order valence-electron chi connectivity index (χ3n) is 4.91. The van der Waals surface area contributed by atoms with Crippen molar-refractivity contribution < 1.29 is 4.79 Å². The van der Waals surface area contributed by atoms with Crippen LogP contribution in [-0.2, 0) is 0 Å². The highest BCUT2D eigenvalue weighted by Gasteiger charge is 2.22. The van der Waals surface area contributed by atoms with E-state index in [4.69, 9.17) is 21.8 Å².